The van der Waals surface area contributed by atoms with Gasteiger partial charge in [-0.15, -0.1) is 0 Å². The van der Waals surface area contributed by atoms with Crippen molar-refractivity contribution in [2.24, 2.45) is 5.73 Å². The topological polar surface area (TPSA) is 55.1 Å². The molecule has 1 aromatic carbocycles. The van der Waals surface area contributed by atoms with Gasteiger partial charge in [0.15, 0.2) is 0 Å². The van der Waals surface area contributed by atoms with Gasteiger partial charge >= 0.3 is 0 Å². The van der Waals surface area contributed by atoms with E-state index in [9.17, 15) is 4.79 Å². The molecule has 3 N–H and O–H groups in total. The molecule has 0 saturated heterocycles. The van der Waals surface area contributed by atoms with Crippen molar-refractivity contribution in [2.75, 3.05) is 5.32 Å². The Balaban J connectivity index is 1.95. The summed E-state index contributed by atoms with van der Waals surface area (Å²) in [6.07, 6.45) is 5.86. The SMILES string of the molecule is Cc1cc(NC(=O)CC2(N)CCCCC2)ccc1Br. The van der Waals surface area contributed by atoms with Crippen molar-refractivity contribution in [1.82, 2.24) is 0 Å². The third kappa shape index (κ3) is 4.05. The predicted octanol–water partition coefficient (Wildman–Crippen LogP) is 3.75. The Labute approximate surface area is 123 Å². The first-order valence-corrected chi connectivity index (χ1v) is 7.63. The number of hydrogen-bond donors (Lipinski definition) is 2. The lowest BCUT2D eigenvalue weighted by Crippen LogP contribution is -2.44. The summed E-state index contributed by atoms with van der Waals surface area (Å²) in [7, 11) is 0. The molecular formula is C15H21BrN2O. The zero-order valence-electron chi connectivity index (χ0n) is 11.3. The van der Waals surface area contributed by atoms with E-state index in [1.165, 1.54) is 6.42 Å². The third-order valence-electron chi connectivity index (χ3n) is 3.80. The van der Waals surface area contributed by atoms with Gasteiger partial charge < -0.3 is 11.1 Å². The van der Waals surface area contributed by atoms with Gasteiger partial charge in [-0.1, -0.05) is 35.2 Å². The first kappa shape index (κ1) is 14.5. The van der Waals surface area contributed by atoms with Gasteiger partial charge in [0.25, 0.3) is 0 Å². The van der Waals surface area contributed by atoms with Crippen LogP contribution >= 0.6 is 15.9 Å². The van der Waals surface area contributed by atoms with Crippen LogP contribution in [0.25, 0.3) is 0 Å². The number of carbonyl (C=O) groups is 1. The molecule has 0 unspecified atom stereocenters. The van der Waals surface area contributed by atoms with Crippen molar-refractivity contribution in [1.29, 1.82) is 0 Å². The molecule has 3 nitrogen and oxygen atoms in total. The van der Waals surface area contributed by atoms with Crippen molar-refractivity contribution in [2.45, 2.75) is 51.0 Å². The maximum atomic E-state index is 12.1. The second-order valence-electron chi connectivity index (χ2n) is 5.61. The summed E-state index contributed by atoms with van der Waals surface area (Å²) in [5.74, 6) is 0.0196. The molecule has 0 aromatic heterocycles. The quantitative estimate of drug-likeness (QED) is 0.889. The molecule has 4 heteroatoms. The van der Waals surface area contributed by atoms with Crippen molar-refractivity contribution in [3.8, 4) is 0 Å². The van der Waals surface area contributed by atoms with Crippen LogP contribution in [-0.4, -0.2) is 11.4 Å². The minimum absolute atomic E-state index is 0.0196. The number of benzene rings is 1. The van der Waals surface area contributed by atoms with Crippen LogP contribution in [0.1, 0.15) is 44.1 Å². The number of nitrogens with one attached hydrogen (secondary N) is 1. The average molecular weight is 325 g/mol. The highest BCUT2D eigenvalue weighted by atomic mass is 79.9. The molecule has 19 heavy (non-hydrogen) atoms. The highest BCUT2D eigenvalue weighted by Gasteiger charge is 2.29. The van der Waals surface area contributed by atoms with Crippen LogP contribution in [0.2, 0.25) is 0 Å². The van der Waals surface area contributed by atoms with Gasteiger partial charge in [-0.2, -0.15) is 0 Å². The number of carbonyl (C=O) groups excluding carboxylic acids is 1. The van der Waals surface area contributed by atoms with Crippen molar-refractivity contribution in [3.63, 3.8) is 0 Å². The summed E-state index contributed by atoms with van der Waals surface area (Å²) in [5, 5.41) is 2.94. The standard InChI is InChI=1S/C15H21BrN2O/c1-11-9-12(5-6-13(11)16)18-14(19)10-15(17)7-3-2-4-8-15/h5-6,9H,2-4,7-8,10,17H2,1H3,(H,18,19). The zero-order valence-corrected chi connectivity index (χ0v) is 12.9. The van der Waals surface area contributed by atoms with Crippen LogP contribution in [-0.2, 0) is 4.79 Å². The summed E-state index contributed by atoms with van der Waals surface area (Å²) in [6, 6.07) is 5.81. The Morgan fingerprint density at radius 2 is 2.05 bits per heavy atom. The molecule has 1 aliphatic carbocycles. The summed E-state index contributed by atoms with van der Waals surface area (Å²) >= 11 is 3.45. The molecule has 1 aliphatic rings. The van der Waals surface area contributed by atoms with Crippen LogP contribution in [0.15, 0.2) is 22.7 Å². The molecule has 0 aliphatic heterocycles. The fourth-order valence-corrected chi connectivity index (χ4v) is 2.93. The van der Waals surface area contributed by atoms with Gasteiger partial charge in [0.1, 0.15) is 0 Å². The molecule has 0 bridgehead atoms. The number of amides is 1. The molecule has 2 rings (SSSR count). The zero-order chi connectivity index (χ0) is 13.9. The normalized spacial score (nSPS) is 18.1. The maximum absolute atomic E-state index is 12.1. The first-order chi connectivity index (χ1) is 8.98. The second-order valence-corrected chi connectivity index (χ2v) is 6.47. The number of aryl methyl sites for hydroxylation is 1. The van der Waals surface area contributed by atoms with Gasteiger partial charge in [0.2, 0.25) is 5.91 Å². The van der Waals surface area contributed by atoms with Gasteiger partial charge in [-0.3, -0.25) is 4.79 Å². The largest absolute Gasteiger partial charge is 0.326 e. The molecule has 1 amide bonds. The van der Waals surface area contributed by atoms with Crippen LogP contribution in [0.4, 0.5) is 5.69 Å². The average Bonchev–Trinajstić information content (AvgIpc) is 2.34. The van der Waals surface area contributed by atoms with Crippen LogP contribution in [0.3, 0.4) is 0 Å². The monoisotopic (exact) mass is 324 g/mol. The summed E-state index contributed by atoms with van der Waals surface area (Å²) in [5.41, 5.74) is 7.95. The Morgan fingerprint density at radius 1 is 1.37 bits per heavy atom. The molecule has 0 spiro atoms. The Hall–Kier alpha value is -0.870. The fraction of sp³-hybridized carbons (Fsp3) is 0.533. The summed E-state index contributed by atoms with van der Waals surface area (Å²) in [6.45, 7) is 2.01. The van der Waals surface area contributed by atoms with E-state index in [0.717, 1.165) is 41.4 Å². The highest BCUT2D eigenvalue weighted by molar-refractivity contribution is 9.10. The highest BCUT2D eigenvalue weighted by Crippen LogP contribution is 2.29. The van der Waals surface area contributed by atoms with Crippen molar-refractivity contribution < 1.29 is 4.79 Å². The number of rotatable bonds is 3. The lowest BCUT2D eigenvalue weighted by Gasteiger charge is -2.32. The Bertz CT molecular complexity index is 467. The van der Waals surface area contributed by atoms with Gasteiger partial charge in [-0.25, -0.2) is 0 Å². The van der Waals surface area contributed by atoms with Crippen molar-refractivity contribution >= 4 is 27.5 Å². The summed E-state index contributed by atoms with van der Waals surface area (Å²) < 4.78 is 1.05. The van der Waals surface area contributed by atoms with E-state index >= 15 is 0 Å². The Morgan fingerprint density at radius 3 is 2.68 bits per heavy atom. The van der Waals surface area contributed by atoms with E-state index in [-0.39, 0.29) is 11.4 Å². The first-order valence-electron chi connectivity index (χ1n) is 6.83. The molecule has 104 valence electrons. The molecule has 0 radical (unpaired) electrons. The van der Waals surface area contributed by atoms with E-state index in [0.29, 0.717) is 6.42 Å². The van der Waals surface area contributed by atoms with Crippen LogP contribution in [0, 0.1) is 6.92 Å². The van der Waals surface area contributed by atoms with E-state index in [2.05, 4.69) is 21.2 Å². The summed E-state index contributed by atoms with van der Waals surface area (Å²) in [4.78, 5) is 12.1. The van der Waals surface area contributed by atoms with Crippen LogP contribution < -0.4 is 11.1 Å². The molecule has 1 aromatic rings. The minimum Gasteiger partial charge on any atom is -0.326 e. The van der Waals surface area contributed by atoms with Crippen LogP contribution in [0.5, 0.6) is 0 Å². The molecular weight excluding hydrogens is 304 g/mol. The van der Waals surface area contributed by atoms with E-state index in [1.807, 2.05) is 25.1 Å². The lowest BCUT2D eigenvalue weighted by atomic mass is 9.80. The number of anilines is 1. The smallest absolute Gasteiger partial charge is 0.226 e. The second kappa shape index (κ2) is 6.06. The fourth-order valence-electron chi connectivity index (χ4n) is 2.68. The van der Waals surface area contributed by atoms with E-state index in [4.69, 9.17) is 5.73 Å². The number of nitrogens with two attached hydrogens (primary N) is 1. The van der Waals surface area contributed by atoms with E-state index in [1.54, 1.807) is 0 Å². The number of hydrogen-bond acceptors (Lipinski definition) is 2. The molecule has 0 atom stereocenters. The van der Waals surface area contributed by atoms with Gasteiger partial charge in [-0.05, 0) is 43.5 Å². The van der Waals surface area contributed by atoms with Crippen molar-refractivity contribution in [3.05, 3.63) is 28.2 Å². The third-order valence-corrected chi connectivity index (χ3v) is 4.69. The minimum atomic E-state index is -0.299. The molecule has 1 saturated carbocycles. The Kier molecular flexibility index (Phi) is 4.63. The van der Waals surface area contributed by atoms with E-state index < -0.39 is 0 Å². The molecule has 1 fully saturated rings. The number of halogens is 1. The van der Waals surface area contributed by atoms with Gasteiger partial charge in [0.05, 0.1) is 0 Å². The maximum Gasteiger partial charge on any atom is 0.226 e. The van der Waals surface area contributed by atoms with Gasteiger partial charge in [0, 0.05) is 22.1 Å². The lowest BCUT2D eigenvalue weighted by molar-refractivity contribution is -0.117. The predicted molar refractivity (Wildman–Crippen MR) is 82.1 cm³/mol. The molecule has 0 heterocycles.